The van der Waals surface area contributed by atoms with Gasteiger partial charge in [0.1, 0.15) is 0 Å². The maximum Gasteiger partial charge on any atom is 0.255 e. The van der Waals surface area contributed by atoms with Crippen LogP contribution < -0.4 is 5.32 Å². The van der Waals surface area contributed by atoms with Crippen LogP contribution in [0, 0.1) is 6.92 Å². The van der Waals surface area contributed by atoms with Crippen LogP contribution in [0.5, 0.6) is 0 Å². The predicted molar refractivity (Wildman–Crippen MR) is 140 cm³/mol. The second kappa shape index (κ2) is 9.40. The SMILES string of the molecule is Cc1ccc(-c2ccc(C(=O)Nc3ccc4nc(CN5C(C)CCC5C)ccc4c3)cc2)cc1. The van der Waals surface area contributed by atoms with E-state index >= 15 is 0 Å². The summed E-state index contributed by atoms with van der Waals surface area (Å²) in [5.74, 6) is -0.114. The highest BCUT2D eigenvalue weighted by Gasteiger charge is 2.27. The first kappa shape index (κ1) is 22.3. The van der Waals surface area contributed by atoms with Gasteiger partial charge in [-0.2, -0.15) is 0 Å². The number of benzene rings is 3. The summed E-state index contributed by atoms with van der Waals surface area (Å²) in [6.45, 7) is 7.56. The molecule has 2 heterocycles. The summed E-state index contributed by atoms with van der Waals surface area (Å²) < 4.78 is 0. The van der Waals surface area contributed by atoms with Crippen LogP contribution in [-0.2, 0) is 6.54 Å². The highest BCUT2D eigenvalue weighted by atomic mass is 16.1. The van der Waals surface area contributed by atoms with Crippen molar-refractivity contribution in [2.24, 2.45) is 0 Å². The zero-order chi connectivity index (χ0) is 23.7. The van der Waals surface area contributed by atoms with E-state index in [4.69, 9.17) is 4.98 Å². The molecule has 0 radical (unpaired) electrons. The Hall–Kier alpha value is -3.50. The second-order valence-corrected chi connectivity index (χ2v) is 9.56. The van der Waals surface area contributed by atoms with Gasteiger partial charge in [0.05, 0.1) is 11.2 Å². The van der Waals surface area contributed by atoms with E-state index in [2.05, 4.69) is 67.4 Å². The van der Waals surface area contributed by atoms with Crippen molar-refractivity contribution in [2.75, 3.05) is 5.32 Å². The molecule has 0 spiro atoms. The molecule has 0 bridgehead atoms. The molecule has 1 fully saturated rings. The van der Waals surface area contributed by atoms with Gasteiger partial charge in [0.25, 0.3) is 5.91 Å². The molecule has 4 aromatic rings. The number of hydrogen-bond acceptors (Lipinski definition) is 3. The van der Waals surface area contributed by atoms with Gasteiger partial charge in [0.2, 0.25) is 0 Å². The molecule has 1 aliphatic rings. The fraction of sp³-hybridized carbons (Fsp3) is 0.267. The molecule has 1 amide bonds. The molecule has 2 atom stereocenters. The lowest BCUT2D eigenvalue weighted by molar-refractivity contribution is 0.102. The number of likely N-dealkylation sites (tertiary alicyclic amines) is 1. The number of pyridine rings is 1. The Balaban J connectivity index is 1.27. The Kier molecular flexibility index (Phi) is 6.16. The number of amides is 1. The number of rotatable bonds is 5. The van der Waals surface area contributed by atoms with Crippen molar-refractivity contribution in [2.45, 2.75) is 52.2 Å². The standard InChI is InChI=1S/C30H31N3O/c1-20-4-8-23(9-5-20)24-10-12-25(13-11-24)30(34)32-27-16-17-29-26(18-27)14-15-28(31-29)19-33-21(2)6-7-22(33)3/h4-5,8-18,21-22H,6-7,19H2,1-3H3,(H,32,34). The first-order valence-corrected chi connectivity index (χ1v) is 12.1. The van der Waals surface area contributed by atoms with E-state index in [-0.39, 0.29) is 5.91 Å². The highest BCUT2D eigenvalue weighted by molar-refractivity contribution is 6.05. The quantitative estimate of drug-likeness (QED) is 0.363. The lowest BCUT2D eigenvalue weighted by Crippen LogP contribution is -2.32. The van der Waals surface area contributed by atoms with Crippen LogP contribution in [0.15, 0.2) is 78.9 Å². The van der Waals surface area contributed by atoms with Crippen LogP contribution in [0.25, 0.3) is 22.0 Å². The largest absolute Gasteiger partial charge is 0.322 e. The Morgan fingerprint density at radius 2 is 1.53 bits per heavy atom. The van der Waals surface area contributed by atoms with Crippen molar-refractivity contribution in [1.29, 1.82) is 0 Å². The van der Waals surface area contributed by atoms with Crippen molar-refractivity contribution >= 4 is 22.5 Å². The zero-order valence-corrected chi connectivity index (χ0v) is 20.1. The van der Waals surface area contributed by atoms with E-state index in [1.54, 1.807) is 0 Å². The summed E-state index contributed by atoms with van der Waals surface area (Å²) in [6.07, 6.45) is 2.51. The smallest absolute Gasteiger partial charge is 0.255 e. The maximum absolute atomic E-state index is 12.8. The summed E-state index contributed by atoms with van der Waals surface area (Å²) in [5.41, 5.74) is 6.94. The van der Waals surface area contributed by atoms with Crippen molar-refractivity contribution in [3.05, 3.63) is 95.7 Å². The third kappa shape index (κ3) is 4.73. The van der Waals surface area contributed by atoms with Crippen LogP contribution in [-0.4, -0.2) is 27.9 Å². The summed E-state index contributed by atoms with van der Waals surface area (Å²) >= 11 is 0. The predicted octanol–water partition coefficient (Wildman–Crippen LogP) is 6.84. The van der Waals surface area contributed by atoms with Gasteiger partial charge in [-0.15, -0.1) is 0 Å². The number of anilines is 1. The number of nitrogens with one attached hydrogen (secondary N) is 1. The molecule has 34 heavy (non-hydrogen) atoms. The van der Waals surface area contributed by atoms with E-state index in [0.29, 0.717) is 17.6 Å². The molecule has 0 aliphatic carbocycles. The van der Waals surface area contributed by atoms with Gasteiger partial charge in [-0.05, 0) is 81.1 Å². The number of carbonyl (C=O) groups is 1. The molecule has 1 N–H and O–H groups in total. The van der Waals surface area contributed by atoms with E-state index < -0.39 is 0 Å². The van der Waals surface area contributed by atoms with Crippen LogP contribution in [0.1, 0.15) is 48.3 Å². The average Bonchev–Trinajstić information content (AvgIpc) is 3.17. The molecule has 1 saturated heterocycles. The summed E-state index contributed by atoms with van der Waals surface area (Å²) in [6, 6.07) is 27.5. The van der Waals surface area contributed by atoms with Gasteiger partial charge in [0, 0.05) is 35.3 Å². The average molecular weight is 450 g/mol. The summed E-state index contributed by atoms with van der Waals surface area (Å²) in [7, 11) is 0. The minimum atomic E-state index is -0.114. The fourth-order valence-corrected chi connectivity index (χ4v) is 4.84. The van der Waals surface area contributed by atoms with Gasteiger partial charge in [-0.25, -0.2) is 0 Å². The number of carbonyl (C=O) groups excluding carboxylic acids is 1. The third-order valence-corrected chi connectivity index (χ3v) is 7.02. The monoisotopic (exact) mass is 449 g/mol. The lowest BCUT2D eigenvalue weighted by atomic mass is 10.0. The van der Waals surface area contributed by atoms with E-state index in [1.165, 1.54) is 18.4 Å². The molecule has 4 nitrogen and oxygen atoms in total. The number of aryl methyl sites for hydroxylation is 1. The normalized spacial score (nSPS) is 18.3. The van der Waals surface area contributed by atoms with E-state index in [1.807, 2.05) is 42.5 Å². The third-order valence-electron chi connectivity index (χ3n) is 7.02. The number of fused-ring (bicyclic) bond motifs is 1. The van der Waals surface area contributed by atoms with Crippen LogP contribution in [0.2, 0.25) is 0 Å². The summed E-state index contributed by atoms with van der Waals surface area (Å²) in [4.78, 5) is 20.2. The van der Waals surface area contributed by atoms with Gasteiger partial charge < -0.3 is 5.32 Å². The zero-order valence-electron chi connectivity index (χ0n) is 20.1. The first-order chi connectivity index (χ1) is 16.5. The maximum atomic E-state index is 12.8. The van der Waals surface area contributed by atoms with Crippen molar-refractivity contribution in [1.82, 2.24) is 9.88 Å². The van der Waals surface area contributed by atoms with Crippen molar-refractivity contribution < 1.29 is 4.79 Å². The van der Waals surface area contributed by atoms with Crippen molar-refractivity contribution in [3.8, 4) is 11.1 Å². The number of nitrogens with zero attached hydrogens (tertiary/aromatic N) is 2. The second-order valence-electron chi connectivity index (χ2n) is 9.56. The van der Waals surface area contributed by atoms with Crippen LogP contribution in [0.4, 0.5) is 5.69 Å². The minimum Gasteiger partial charge on any atom is -0.322 e. The molecule has 172 valence electrons. The number of aromatic nitrogens is 1. The van der Waals surface area contributed by atoms with Gasteiger partial charge in [-0.1, -0.05) is 48.0 Å². The molecular formula is C30H31N3O. The topological polar surface area (TPSA) is 45.2 Å². The molecule has 2 unspecified atom stereocenters. The van der Waals surface area contributed by atoms with E-state index in [9.17, 15) is 4.79 Å². The molecule has 0 saturated carbocycles. The molecule has 1 aromatic heterocycles. The summed E-state index contributed by atoms with van der Waals surface area (Å²) in [5, 5.41) is 4.05. The number of hydrogen-bond donors (Lipinski definition) is 1. The van der Waals surface area contributed by atoms with E-state index in [0.717, 1.165) is 40.0 Å². The highest BCUT2D eigenvalue weighted by Crippen LogP contribution is 2.26. The van der Waals surface area contributed by atoms with Crippen molar-refractivity contribution in [3.63, 3.8) is 0 Å². The van der Waals surface area contributed by atoms with Gasteiger partial charge in [-0.3, -0.25) is 14.7 Å². The minimum absolute atomic E-state index is 0.114. The molecule has 1 aliphatic heterocycles. The Bertz CT molecular complexity index is 1300. The Labute approximate surface area is 201 Å². The fourth-order valence-electron chi connectivity index (χ4n) is 4.84. The molecule has 3 aromatic carbocycles. The molecule has 4 heteroatoms. The van der Waals surface area contributed by atoms with Crippen LogP contribution >= 0.6 is 0 Å². The Morgan fingerprint density at radius 3 is 2.21 bits per heavy atom. The lowest BCUT2D eigenvalue weighted by Gasteiger charge is -2.25. The van der Waals surface area contributed by atoms with Gasteiger partial charge >= 0.3 is 0 Å². The Morgan fingerprint density at radius 1 is 0.882 bits per heavy atom. The first-order valence-electron chi connectivity index (χ1n) is 12.1. The molecule has 5 rings (SSSR count). The van der Waals surface area contributed by atoms with Gasteiger partial charge in [0.15, 0.2) is 0 Å². The molecular weight excluding hydrogens is 418 g/mol. The van der Waals surface area contributed by atoms with Crippen LogP contribution in [0.3, 0.4) is 0 Å².